The van der Waals surface area contributed by atoms with Crippen molar-refractivity contribution >= 4 is 21.0 Å². The van der Waals surface area contributed by atoms with E-state index in [1.54, 1.807) is 12.1 Å². The van der Waals surface area contributed by atoms with Crippen molar-refractivity contribution in [1.82, 2.24) is 4.90 Å². The van der Waals surface area contributed by atoms with E-state index >= 15 is 0 Å². The van der Waals surface area contributed by atoms with Gasteiger partial charge in [-0.05, 0) is 124 Å². The van der Waals surface area contributed by atoms with E-state index in [1.807, 2.05) is 24.3 Å². The molecule has 2 aromatic rings. The lowest BCUT2D eigenvalue weighted by atomic mass is 9.89. The predicted molar refractivity (Wildman–Crippen MR) is 170 cm³/mol. The van der Waals surface area contributed by atoms with Crippen LogP contribution in [0.1, 0.15) is 100 Å². The fourth-order valence-corrected chi connectivity index (χ4v) is 8.32. The van der Waals surface area contributed by atoms with Crippen molar-refractivity contribution in [2.24, 2.45) is 0 Å². The Morgan fingerprint density at radius 1 is 0.848 bits per heavy atom. The number of nitrogens with zero attached hydrogens (tertiary/aromatic N) is 1. The van der Waals surface area contributed by atoms with Crippen molar-refractivity contribution in [3.05, 3.63) is 65.0 Å². The van der Waals surface area contributed by atoms with Gasteiger partial charge in [-0.3, -0.25) is 0 Å². The second-order valence-corrected chi connectivity index (χ2v) is 15.0. The van der Waals surface area contributed by atoms with Crippen molar-refractivity contribution < 1.29 is 39.9 Å². The largest absolute Gasteiger partial charge is 0.508 e. The number of unbranched alkanes of at least 4 members (excludes halogenated alkanes) is 3. The molecule has 0 bridgehead atoms. The fourth-order valence-electron chi connectivity index (χ4n) is 6.92. The number of benzene rings is 2. The quantitative estimate of drug-likeness (QED) is 0.143. The van der Waals surface area contributed by atoms with Gasteiger partial charge in [0, 0.05) is 18.0 Å². The van der Waals surface area contributed by atoms with Gasteiger partial charge in [0.05, 0.1) is 11.5 Å². The van der Waals surface area contributed by atoms with Crippen LogP contribution in [-0.4, -0.2) is 61.2 Å². The minimum absolute atomic E-state index is 0.206. The highest BCUT2D eigenvalue weighted by atomic mass is 32.2. The van der Waals surface area contributed by atoms with Gasteiger partial charge in [0.2, 0.25) is 0 Å². The van der Waals surface area contributed by atoms with Crippen molar-refractivity contribution in [3.63, 3.8) is 0 Å². The monoisotopic (exact) mass is 673 g/mol. The Balaban J connectivity index is 1.22. The molecular weight excluding hydrogens is 628 g/mol. The van der Waals surface area contributed by atoms with E-state index < -0.39 is 40.5 Å². The number of alkyl halides is 5. The van der Waals surface area contributed by atoms with Gasteiger partial charge in [-0.25, -0.2) is 12.8 Å². The number of phenols is 1. The fraction of sp³-hybridized carbons (Fsp3) is 0.600. The molecule has 1 fully saturated rings. The summed E-state index contributed by atoms with van der Waals surface area (Å²) in [7, 11) is -3.70. The van der Waals surface area contributed by atoms with Gasteiger partial charge in [0.25, 0.3) is 0 Å². The number of likely N-dealkylation sites (tertiary alicyclic amines) is 1. The van der Waals surface area contributed by atoms with Crippen molar-refractivity contribution in [2.75, 3.05) is 24.6 Å². The Kier molecular flexibility index (Phi) is 12.7. The second-order valence-electron chi connectivity index (χ2n) is 12.7. The molecule has 1 saturated heterocycles. The molecule has 1 aliphatic carbocycles. The average Bonchev–Trinajstić information content (AvgIpc) is 3.34. The van der Waals surface area contributed by atoms with Gasteiger partial charge in [-0.2, -0.15) is 22.0 Å². The first kappa shape index (κ1) is 36.3. The molecule has 1 aliphatic heterocycles. The van der Waals surface area contributed by atoms with E-state index in [0.29, 0.717) is 18.4 Å². The van der Waals surface area contributed by atoms with Crippen LogP contribution in [0.4, 0.5) is 26.3 Å². The number of aryl methyl sites for hydroxylation is 1. The SMILES string of the molecule is O=S(=O)(CCC[C@H]1CCCN1CCCCCCC1=C(c2ccccc2F)CCCc2cc(O)ccc21)CCCC(F)(F)C(F)(F)F. The third kappa shape index (κ3) is 9.99. The zero-order valence-electron chi connectivity index (χ0n) is 26.2. The van der Waals surface area contributed by atoms with E-state index in [4.69, 9.17) is 0 Å². The molecule has 1 atom stereocenters. The van der Waals surface area contributed by atoms with E-state index in [-0.39, 0.29) is 23.4 Å². The standard InChI is InChI=1S/C35H45F6NO3S/c36-33-17-5-4-15-32(33)31-16-7-11-26-25-28(43)18-19-29(26)30(31)14-3-1-2-6-21-42-22-8-12-27(42)13-9-23-46(44,45)24-10-20-34(37,38)35(39,40)41/h4-5,15,17-19,25,27,43H,1-3,6-14,16,20-24H2/t27-/m1/s1. The van der Waals surface area contributed by atoms with Gasteiger partial charge in [-0.1, -0.05) is 37.1 Å². The number of allylic oxidation sites excluding steroid dienone is 2. The third-order valence-corrected chi connectivity index (χ3v) is 11.1. The van der Waals surface area contributed by atoms with Crippen LogP contribution in [0.3, 0.4) is 0 Å². The first-order valence-electron chi connectivity index (χ1n) is 16.5. The number of fused-ring (bicyclic) bond motifs is 1. The first-order chi connectivity index (χ1) is 21.8. The number of phenolic OH excluding ortho intramolecular Hbond substituents is 1. The minimum atomic E-state index is -5.67. The highest BCUT2D eigenvalue weighted by Gasteiger charge is 2.56. The number of hydrogen-bond acceptors (Lipinski definition) is 4. The average molecular weight is 674 g/mol. The molecule has 11 heteroatoms. The van der Waals surface area contributed by atoms with Crippen LogP contribution in [0.5, 0.6) is 5.75 Å². The Morgan fingerprint density at radius 2 is 1.59 bits per heavy atom. The molecule has 0 unspecified atom stereocenters. The molecule has 2 aliphatic rings. The van der Waals surface area contributed by atoms with E-state index in [9.17, 15) is 39.9 Å². The molecule has 0 amide bonds. The van der Waals surface area contributed by atoms with Crippen LogP contribution in [0, 0.1) is 5.82 Å². The van der Waals surface area contributed by atoms with Gasteiger partial charge in [0.1, 0.15) is 21.4 Å². The predicted octanol–water partition coefficient (Wildman–Crippen LogP) is 9.37. The van der Waals surface area contributed by atoms with Gasteiger partial charge in [0.15, 0.2) is 0 Å². The number of sulfone groups is 1. The molecule has 0 saturated carbocycles. The molecule has 4 rings (SSSR count). The maximum atomic E-state index is 14.9. The molecule has 4 nitrogen and oxygen atoms in total. The summed E-state index contributed by atoms with van der Waals surface area (Å²) >= 11 is 0. The van der Waals surface area contributed by atoms with Gasteiger partial charge < -0.3 is 10.0 Å². The lowest BCUT2D eigenvalue weighted by Crippen LogP contribution is -2.36. The maximum Gasteiger partial charge on any atom is 0.453 e. The normalized spacial score (nSPS) is 18.2. The van der Waals surface area contributed by atoms with E-state index in [2.05, 4.69) is 4.90 Å². The summed E-state index contributed by atoms with van der Waals surface area (Å²) in [5, 5.41) is 10.1. The topological polar surface area (TPSA) is 57.6 Å². The highest BCUT2D eigenvalue weighted by Crippen LogP contribution is 2.41. The van der Waals surface area contributed by atoms with Crippen LogP contribution in [0.15, 0.2) is 42.5 Å². The number of rotatable bonds is 16. The van der Waals surface area contributed by atoms with Crippen LogP contribution in [-0.2, 0) is 16.3 Å². The molecule has 0 aromatic heterocycles. The number of aromatic hydroxyl groups is 1. The molecule has 46 heavy (non-hydrogen) atoms. The van der Waals surface area contributed by atoms with Crippen molar-refractivity contribution in [1.29, 1.82) is 0 Å². The first-order valence-corrected chi connectivity index (χ1v) is 18.3. The van der Waals surface area contributed by atoms with E-state index in [0.717, 1.165) is 99.6 Å². The summed E-state index contributed by atoms with van der Waals surface area (Å²) < 4.78 is 103. The minimum Gasteiger partial charge on any atom is -0.508 e. The number of hydrogen-bond donors (Lipinski definition) is 1. The number of halogens is 6. The van der Waals surface area contributed by atoms with Crippen LogP contribution < -0.4 is 0 Å². The highest BCUT2D eigenvalue weighted by molar-refractivity contribution is 7.91. The lowest BCUT2D eigenvalue weighted by Gasteiger charge is -2.24. The summed E-state index contributed by atoms with van der Waals surface area (Å²) in [6.07, 6.45) is 2.35. The van der Waals surface area contributed by atoms with E-state index in [1.165, 1.54) is 6.07 Å². The molecular formula is C35H45F6NO3S. The Bertz CT molecular complexity index is 1440. The maximum absolute atomic E-state index is 14.9. The third-order valence-electron chi connectivity index (χ3n) is 9.32. The van der Waals surface area contributed by atoms with Gasteiger partial charge in [-0.15, -0.1) is 0 Å². The Hall–Kier alpha value is -2.53. The molecule has 0 radical (unpaired) electrons. The second kappa shape index (κ2) is 16.0. The van der Waals surface area contributed by atoms with Crippen LogP contribution in [0.2, 0.25) is 0 Å². The van der Waals surface area contributed by atoms with Crippen molar-refractivity contribution in [2.45, 2.75) is 108 Å². The molecule has 0 spiro atoms. The zero-order chi connectivity index (χ0) is 33.4. The van der Waals surface area contributed by atoms with Gasteiger partial charge >= 0.3 is 12.1 Å². The lowest BCUT2D eigenvalue weighted by molar-refractivity contribution is -0.284. The molecule has 1 N–H and O–H groups in total. The molecule has 256 valence electrons. The summed E-state index contributed by atoms with van der Waals surface area (Å²) in [6.45, 7) is 1.84. The summed E-state index contributed by atoms with van der Waals surface area (Å²) in [5.74, 6) is -5.73. The van der Waals surface area contributed by atoms with Crippen LogP contribution >= 0.6 is 0 Å². The Morgan fingerprint density at radius 3 is 2.35 bits per heavy atom. The van der Waals surface area contributed by atoms with Crippen molar-refractivity contribution in [3.8, 4) is 5.75 Å². The smallest absolute Gasteiger partial charge is 0.453 e. The Labute approximate surface area is 268 Å². The molecule has 2 aromatic carbocycles. The zero-order valence-corrected chi connectivity index (χ0v) is 27.1. The summed E-state index contributed by atoms with van der Waals surface area (Å²) in [5.41, 5.74) is 5.03. The summed E-state index contributed by atoms with van der Waals surface area (Å²) in [4.78, 5) is 2.38. The summed E-state index contributed by atoms with van der Waals surface area (Å²) in [6, 6.07) is 12.6. The molecule has 1 heterocycles. The van der Waals surface area contributed by atoms with Crippen LogP contribution in [0.25, 0.3) is 11.1 Å².